The molecule has 2 saturated heterocycles. The van der Waals surface area contributed by atoms with Gasteiger partial charge in [-0.1, -0.05) is 13.8 Å². The first-order valence-electron chi connectivity index (χ1n) is 6.20. The molecule has 16 heavy (non-hydrogen) atoms. The molecule has 0 aromatic rings. The van der Waals surface area contributed by atoms with E-state index in [2.05, 4.69) is 24.1 Å². The number of carbonyl (C=O) groups excluding carboxylic acids is 1. The second kappa shape index (κ2) is 5.37. The van der Waals surface area contributed by atoms with E-state index in [9.17, 15) is 4.79 Å². The smallest absolute Gasteiger partial charge is 0.228 e. The van der Waals surface area contributed by atoms with Crippen LogP contribution in [0.1, 0.15) is 33.1 Å². The van der Waals surface area contributed by atoms with Crippen LogP contribution < -0.4 is 5.32 Å². The molecular formula is C12H23ClN2O. The van der Waals surface area contributed by atoms with Crippen molar-refractivity contribution in [3.05, 3.63) is 0 Å². The summed E-state index contributed by atoms with van der Waals surface area (Å²) < 4.78 is 0. The molecule has 0 spiro atoms. The number of rotatable bonds is 3. The first-order chi connectivity index (χ1) is 7.21. The maximum absolute atomic E-state index is 12.0. The van der Waals surface area contributed by atoms with Gasteiger partial charge in [-0.3, -0.25) is 4.79 Å². The molecule has 2 fully saturated rings. The van der Waals surface area contributed by atoms with E-state index in [0.717, 1.165) is 26.2 Å². The first-order valence-corrected chi connectivity index (χ1v) is 6.20. The van der Waals surface area contributed by atoms with Crippen molar-refractivity contribution in [2.45, 2.75) is 33.1 Å². The molecule has 2 rings (SSSR count). The van der Waals surface area contributed by atoms with Gasteiger partial charge in [0.2, 0.25) is 5.91 Å². The van der Waals surface area contributed by atoms with E-state index in [1.807, 2.05) is 0 Å². The van der Waals surface area contributed by atoms with Crippen LogP contribution in [0.4, 0.5) is 0 Å². The average molecular weight is 247 g/mol. The van der Waals surface area contributed by atoms with Gasteiger partial charge < -0.3 is 10.2 Å². The van der Waals surface area contributed by atoms with Crippen LogP contribution in [0.15, 0.2) is 0 Å². The van der Waals surface area contributed by atoms with Gasteiger partial charge in [0.15, 0.2) is 0 Å². The zero-order valence-corrected chi connectivity index (χ0v) is 11.1. The lowest BCUT2D eigenvalue weighted by Gasteiger charge is -2.32. The van der Waals surface area contributed by atoms with Crippen molar-refractivity contribution in [3.8, 4) is 0 Å². The van der Waals surface area contributed by atoms with Crippen molar-refractivity contribution in [1.29, 1.82) is 0 Å². The van der Waals surface area contributed by atoms with Crippen LogP contribution in [0.5, 0.6) is 0 Å². The lowest BCUT2D eigenvalue weighted by Crippen LogP contribution is -2.51. The normalized spacial score (nSPS) is 23.8. The summed E-state index contributed by atoms with van der Waals surface area (Å²) in [4.78, 5) is 14.1. The van der Waals surface area contributed by atoms with Crippen LogP contribution in [0, 0.1) is 11.3 Å². The molecule has 0 unspecified atom stereocenters. The molecule has 2 aliphatic rings. The molecule has 2 aliphatic heterocycles. The molecule has 3 nitrogen and oxygen atoms in total. The summed E-state index contributed by atoms with van der Waals surface area (Å²) in [5.74, 6) is 0.659. The standard InChI is InChI=1S/C12H22N2O.ClH/c1-3-12(4-2)5-6-14(9-12)11(15)10-7-13-8-10;/h10,13H,3-9H2,1-2H3;1H. The molecule has 4 heteroatoms. The summed E-state index contributed by atoms with van der Waals surface area (Å²) in [6.45, 7) is 8.26. The maximum atomic E-state index is 12.0. The molecule has 2 heterocycles. The fourth-order valence-corrected chi connectivity index (χ4v) is 2.67. The number of nitrogens with zero attached hydrogens (tertiary/aromatic N) is 1. The van der Waals surface area contributed by atoms with E-state index in [1.54, 1.807) is 0 Å². The third-order valence-corrected chi connectivity index (χ3v) is 4.38. The summed E-state index contributed by atoms with van der Waals surface area (Å²) in [5.41, 5.74) is 0.423. The SMILES string of the molecule is CCC1(CC)CCN(C(=O)C2CNC2)C1.Cl. The average Bonchev–Trinajstić information content (AvgIpc) is 2.60. The Morgan fingerprint density at radius 3 is 2.38 bits per heavy atom. The Bertz CT molecular complexity index is 249. The lowest BCUT2D eigenvalue weighted by molar-refractivity contribution is -0.136. The highest BCUT2D eigenvalue weighted by atomic mass is 35.5. The van der Waals surface area contributed by atoms with Crippen LogP contribution in [-0.2, 0) is 4.79 Å². The van der Waals surface area contributed by atoms with Crippen molar-refractivity contribution in [2.75, 3.05) is 26.2 Å². The molecule has 0 atom stereocenters. The second-order valence-corrected chi connectivity index (χ2v) is 5.07. The Labute approximate surface area is 104 Å². The third-order valence-electron chi connectivity index (χ3n) is 4.38. The predicted octanol–water partition coefficient (Wildman–Crippen LogP) is 1.67. The lowest BCUT2D eigenvalue weighted by atomic mass is 9.82. The van der Waals surface area contributed by atoms with Gasteiger partial charge in [0, 0.05) is 26.2 Å². The fourth-order valence-electron chi connectivity index (χ4n) is 2.67. The van der Waals surface area contributed by atoms with Crippen molar-refractivity contribution in [1.82, 2.24) is 10.2 Å². The zero-order chi connectivity index (χ0) is 10.9. The number of halogens is 1. The Kier molecular flexibility index (Phi) is 4.62. The van der Waals surface area contributed by atoms with E-state index in [0.29, 0.717) is 11.3 Å². The van der Waals surface area contributed by atoms with Crippen LogP contribution >= 0.6 is 12.4 Å². The number of hydrogen-bond donors (Lipinski definition) is 1. The van der Waals surface area contributed by atoms with Crippen LogP contribution in [0.25, 0.3) is 0 Å². The number of amides is 1. The zero-order valence-electron chi connectivity index (χ0n) is 10.3. The minimum atomic E-state index is 0. The Balaban J connectivity index is 0.00000128. The van der Waals surface area contributed by atoms with Crippen LogP contribution in [0.2, 0.25) is 0 Å². The molecular weight excluding hydrogens is 224 g/mol. The summed E-state index contributed by atoms with van der Waals surface area (Å²) >= 11 is 0. The number of likely N-dealkylation sites (tertiary alicyclic amines) is 1. The minimum Gasteiger partial charge on any atom is -0.342 e. The van der Waals surface area contributed by atoms with E-state index in [-0.39, 0.29) is 18.3 Å². The number of hydrogen-bond acceptors (Lipinski definition) is 2. The van der Waals surface area contributed by atoms with Gasteiger partial charge in [-0.25, -0.2) is 0 Å². The third kappa shape index (κ3) is 2.35. The Morgan fingerprint density at radius 1 is 1.38 bits per heavy atom. The molecule has 0 aromatic heterocycles. The van der Waals surface area contributed by atoms with Crippen LogP contribution in [-0.4, -0.2) is 37.0 Å². The van der Waals surface area contributed by atoms with E-state index in [4.69, 9.17) is 0 Å². The highest BCUT2D eigenvalue weighted by Crippen LogP contribution is 2.37. The summed E-state index contributed by atoms with van der Waals surface area (Å²) in [6.07, 6.45) is 3.61. The molecule has 0 saturated carbocycles. The first kappa shape index (κ1) is 13.8. The van der Waals surface area contributed by atoms with Gasteiger partial charge in [0.05, 0.1) is 5.92 Å². The molecule has 1 N–H and O–H groups in total. The molecule has 1 amide bonds. The second-order valence-electron chi connectivity index (χ2n) is 5.07. The quantitative estimate of drug-likeness (QED) is 0.822. The Morgan fingerprint density at radius 2 is 2.00 bits per heavy atom. The summed E-state index contributed by atoms with van der Waals surface area (Å²) in [5, 5.41) is 3.17. The monoisotopic (exact) mass is 246 g/mol. The fraction of sp³-hybridized carbons (Fsp3) is 0.917. The number of nitrogens with one attached hydrogen (secondary N) is 1. The van der Waals surface area contributed by atoms with Crippen molar-refractivity contribution in [2.24, 2.45) is 11.3 Å². The van der Waals surface area contributed by atoms with Gasteiger partial charge in [-0.2, -0.15) is 0 Å². The molecule has 0 aliphatic carbocycles. The molecule has 94 valence electrons. The van der Waals surface area contributed by atoms with Gasteiger partial charge in [0.1, 0.15) is 0 Å². The highest BCUT2D eigenvalue weighted by Gasteiger charge is 2.39. The van der Waals surface area contributed by atoms with Gasteiger partial charge >= 0.3 is 0 Å². The molecule has 0 bridgehead atoms. The molecule has 0 aromatic carbocycles. The largest absolute Gasteiger partial charge is 0.342 e. The highest BCUT2D eigenvalue weighted by molar-refractivity contribution is 5.85. The predicted molar refractivity (Wildman–Crippen MR) is 67.8 cm³/mol. The maximum Gasteiger partial charge on any atom is 0.228 e. The molecule has 0 radical (unpaired) electrons. The minimum absolute atomic E-state index is 0. The van der Waals surface area contributed by atoms with E-state index < -0.39 is 0 Å². The number of carbonyl (C=O) groups is 1. The summed E-state index contributed by atoms with van der Waals surface area (Å²) in [7, 11) is 0. The van der Waals surface area contributed by atoms with Crippen molar-refractivity contribution >= 4 is 18.3 Å². The van der Waals surface area contributed by atoms with Crippen molar-refractivity contribution in [3.63, 3.8) is 0 Å². The van der Waals surface area contributed by atoms with E-state index in [1.165, 1.54) is 19.3 Å². The Hall–Kier alpha value is -0.280. The van der Waals surface area contributed by atoms with Crippen LogP contribution in [0.3, 0.4) is 0 Å². The summed E-state index contributed by atoms with van der Waals surface area (Å²) in [6, 6.07) is 0. The van der Waals surface area contributed by atoms with E-state index >= 15 is 0 Å². The van der Waals surface area contributed by atoms with Crippen molar-refractivity contribution < 1.29 is 4.79 Å². The van der Waals surface area contributed by atoms with Gasteiger partial charge in [-0.05, 0) is 24.7 Å². The van der Waals surface area contributed by atoms with Gasteiger partial charge in [-0.15, -0.1) is 12.4 Å². The topological polar surface area (TPSA) is 32.3 Å². The van der Waals surface area contributed by atoms with Gasteiger partial charge in [0.25, 0.3) is 0 Å².